The number of carbonyl (C=O) groups is 3. The molecule has 160 valence electrons. The molecule has 2 aromatic carbocycles. The molecule has 0 aliphatic carbocycles. The maximum absolute atomic E-state index is 12.1. The van der Waals surface area contributed by atoms with Crippen LogP contribution < -0.4 is 25.6 Å². The lowest BCUT2D eigenvalue weighted by Gasteiger charge is -2.17. The van der Waals surface area contributed by atoms with Gasteiger partial charge in [0.2, 0.25) is 0 Å². The van der Waals surface area contributed by atoms with E-state index in [9.17, 15) is 14.4 Å². The highest BCUT2D eigenvalue weighted by molar-refractivity contribution is 5.96. The van der Waals surface area contributed by atoms with Crippen molar-refractivity contribution in [1.29, 1.82) is 0 Å². The molecule has 8 nitrogen and oxygen atoms in total. The highest BCUT2D eigenvalue weighted by Gasteiger charge is 2.17. The second-order valence-electron chi connectivity index (χ2n) is 6.64. The predicted molar refractivity (Wildman–Crippen MR) is 112 cm³/mol. The quantitative estimate of drug-likeness (QED) is 0.575. The number of ether oxygens (including phenoxy) is 2. The summed E-state index contributed by atoms with van der Waals surface area (Å²) in [5, 5.41) is 2.48. The number of hydrogen-bond donors (Lipinski definition) is 3. The van der Waals surface area contributed by atoms with Crippen LogP contribution in [0.4, 0.5) is 0 Å². The van der Waals surface area contributed by atoms with Crippen molar-refractivity contribution < 1.29 is 23.9 Å². The van der Waals surface area contributed by atoms with Gasteiger partial charge >= 0.3 is 0 Å². The lowest BCUT2D eigenvalue weighted by Crippen LogP contribution is -2.50. The SMILES string of the molecule is CCOc1ccc(C(=O)NCC(=O)NNC(=O)C(C)Oc2cccc(C)c2C)cc1. The van der Waals surface area contributed by atoms with Gasteiger partial charge in [0, 0.05) is 5.56 Å². The smallest absolute Gasteiger partial charge is 0.279 e. The van der Waals surface area contributed by atoms with Crippen LogP contribution in [0.1, 0.15) is 35.3 Å². The van der Waals surface area contributed by atoms with E-state index in [4.69, 9.17) is 9.47 Å². The van der Waals surface area contributed by atoms with Crippen molar-refractivity contribution in [3.05, 3.63) is 59.2 Å². The number of benzene rings is 2. The minimum atomic E-state index is -0.816. The van der Waals surface area contributed by atoms with E-state index >= 15 is 0 Å². The topological polar surface area (TPSA) is 106 Å². The molecule has 0 spiro atoms. The van der Waals surface area contributed by atoms with Crippen LogP contribution in [0.3, 0.4) is 0 Å². The maximum Gasteiger partial charge on any atom is 0.279 e. The van der Waals surface area contributed by atoms with E-state index in [0.717, 1.165) is 11.1 Å². The van der Waals surface area contributed by atoms with Gasteiger partial charge in [0.05, 0.1) is 13.2 Å². The first-order valence-corrected chi connectivity index (χ1v) is 9.64. The summed E-state index contributed by atoms with van der Waals surface area (Å²) in [4.78, 5) is 36.1. The van der Waals surface area contributed by atoms with E-state index in [1.54, 1.807) is 37.3 Å². The van der Waals surface area contributed by atoms with Crippen LogP contribution in [-0.4, -0.2) is 37.0 Å². The summed E-state index contributed by atoms with van der Waals surface area (Å²) in [5.74, 6) is -0.229. The van der Waals surface area contributed by atoms with Crippen molar-refractivity contribution >= 4 is 17.7 Å². The summed E-state index contributed by atoms with van der Waals surface area (Å²) >= 11 is 0. The van der Waals surface area contributed by atoms with Crippen molar-refractivity contribution in [1.82, 2.24) is 16.2 Å². The first kappa shape index (κ1) is 22.7. The zero-order valence-electron chi connectivity index (χ0n) is 17.6. The van der Waals surface area contributed by atoms with Crippen molar-refractivity contribution in [2.75, 3.05) is 13.2 Å². The minimum Gasteiger partial charge on any atom is -0.494 e. The number of nitrogens with one attached hydrogen (secondary N) is 3. The molecule has 0 fully saturated rings. The molecule has 2 rings (SSSR count). The Balaban J connectivity index is 1.76. The van der Waals surface area contributed by atoms with Crippen molar-refractivity contribution in [3.63, 3.8) is 0 Å². The average molecular weight is 413 g/mol. The molecule has 0 heterocycles. The molecule has 1 unspecified atom stereocenters. The highest BCUT2D eigenvalue weighted by atomic mass is 16.5. The van der Waals surface area contributed by atoms with E-state index in [2.05, 4.69) is 16.2 Å². The molecule has 0 radical (unpaired) electrons. The van der Waals surface area contributed by atoms with Crippen LogP contribution in [0.15, 0.2) is 42.5 Å². The number of aryl methyl sites for hydroxylation is 1. The summed E-state index contributed by atoms with van der Waals surface area (Å²) in [5.41, 5.74) is 6.93. The molecule has 8 heteroatoms. The van der Waals surface area contributed by atoms with Gasteiger partial charge in [0.15, 0.2) is 6.10 Å². The Morgan fingerprint density at radius 3 is 2.37 bits per heavy atom. The van der Waals surface area contributed by atoms with Gasteiger partial charge in [0.25, 0.3) is 17.7 Å². The third-order valence-electron chi connectivity index (χ3n) is 4.39. The van der Waals surface area contributed by atoms with Crippen LogP contribution >= 0.6 is 0 Å². The monoisotopic (exact) mass is 413 g/mol. The molecule has 0 bridgehead atoms. The van der Waals surface area contributed by atoms with Crippen molar-refractivity contribution in [2.24, 2.45) is 0 Å². The second-order valence-corrected chi connectivity index (χ2v) is 6.64. The fourth-order valence-corrected chi connectivity index (χ4v) is 2.50. The minimum absolute atomic E-state index is 0.293. The Bertz CT molecular complexity index is 896. The molecule has 1 atom stereocenters. The lowest BCUT2D eigenvalue weighted by molar-refractivity contribution is -0.132. The third kappa shape index (κ3) is 6.51. The first-order valence-electron chi connectivity index (χ1n) is 9.64. The fraction of sp³-hybridized carbons (Fsp3) is 0.318. The standard InChI is InChI=1S/C22H27N3O5/c1-5-29-18-11-9-17(10-12-18)22(28)23-13-20(26)24-25-21(27)16(4)30-19-8-6-7-14(2)15(19)3/h6-12,16H,5,13H2,1-4H3,(H,23,28)(H,24,26)(H,25,27). The summed E-state index contributed by atoms with van der Waals surface area (Å²) in [6.07, 6.45) is -0.816. The second kappa shape index (κ2) is 10.8. The highest BCUT2D eigenvalue weighted by Crippen LogP contribution is 2.21. The van der Waals surface area contributed by atoms with Gasteiger partial charge in [0.1, 0.15) is 11.5 Å². The molecule has 3 amide bonds. The fourth-order valence-electron chi connectivity index (χ4n) is 2.50. The summed E-state index contributed by atoms with van der Waals surface area (Å²) < 4.78 is 11.0. The third-order valence-corrected chi connectivity index (χ3v) is 4.39. The van der Waals surface area contributed by atoms with E-state index in [1.807, 2.05) is 32.9 Å². The Labute approximate surface area is 175 Å². The van der Waals surface area contributed by atoms with E-state index < -0.39 is 23.8 Å². The van der Waals surface area contributed by atoms with Crippen LogP contribution in [0.2, 0.25) is 0 Å². The van der Waals surface area contributed by atoms with E-state index in [1.165, 1.54) is 0 Å². The summed E-state index contributed by atoms with van der Waals surface area (Å²) in [6.45, 7) is 7.55. The Kier molecular flexibility index (Phi) is 8.22. The predicted octanol–water partition coefficient (Wildman–Crippen LogP) is 2.05. The number of hydrogen-bond acceptors (Lipinski definition) is 5. The van der Waals surface area contributed by atoms with Gasteiger partial charge in [-0.15, -0.1) is 0 Å². The number of rotatable bonds is 8. The van der Waals surface area contributed by atoms with Gasteiger partial charge < -0.3 is 14.8 Å². The molecule has 0 aliphatic heterocycles. The van der Waals surface area contributed by atoms with E-state index in [0.29, 0.717) is 23.7 Å². The Morgan fingerprint density at radius 1 is 1.00 bits per heavy atom. The Hall–Kier alpha value is -3.55. The maximum atomic E-state index is 12.1. The van der Waals surface area contributed by atoms with E-state index in [-0.39, 0.29) is 6.54 Å². The van der Waals surface area contributed by atoms with Gasteiger partial charge in [-0.3, -0.25) is 25.2 Å². The Morgan fingerprint density at radius 2 is 1.70 bits per heavy atom. The van der Waals surface area contributed by atoms with Gasteiger partial charge in [-0.05, 0) is 69.2 Å². The molecule has 0 saturated carbocycles. The molecule has 2 aromatic rings. The number of carbonyl (C=O) groups excluding carboxylic acids is 3. The summed E-state index contributed by atoms with van der Waals surface area (Å²) in [7, 11) is 0. The lowest BCUT2D eigenvalue weighted by atomic mass is 10.1. The van der Waals surface area contributed by atoms with Crippen molar-refractivity contribution in [2.45, 2.75) is 33.8 Å². The molecular formula is C22H27N3O5. The molecular weight excluding hydrogens is 386 g/mol. The number of hydrazine groups is 1. The number of amides is 3. The molecule has 0 aliphatic rings. The molecule has 0 aromatic heterocycles. The van der Waals surface area contributed by atoms with Crippen molar-refractivity contribution in [3.8, 4) is 11.5 Å². The molecule has 30 heavy (non-hydrogen) atoms. The normalized spacial score (nSPS) is 11.2. The molecule has 3 N–H and O–H groups in total. The van der Waals surface area contributed by atoms with Gasteiger partial charge in [-0.25, -0.2) is 0 Å². The van der Waals surface area contributed by atoms with Crippen LogP contribution in [0, 0.1) is 13.8 Å². The zero-order chi connectivity index (χ0) is 22.1. The average Bonchev–Trinajstić information content (AvgIpc) is 2.74. The van der Waals surface area contributed by atoms with Crippen LogP contribution in [0.5, 0.6) is 11.5 Å². The molecule has 0 saturated heterocycles. The van der Waals surface area contributed by atoms with Gasteiger partial charge in [-0.1, -0.05) is 12.1 Å². The largest absolute Gasteiger partial charge is 0.494 e. The zero-order valence-corrected chi connectivity index (χ0v) is 17.6. The van der Waals surface area contributed by atoms with Crippen LogP contribution in [0.25, 0.3) is 0 Å². The summed E-state index contributed by atoms with van der Waals surface area (Å²) in [6, 6.07) is 12.1. The van der Waals surface area contributed by atoms with Gasteiger partial charge in [-0.2, -0.15) is 0 Å². The first-order chi connectivity index (χ1) is 14.3. The van der Waals surface area contributed by atoms with Crippen LogP contribution in [-0.2, 0) is 9.59 Å².